The molecule has 0 saturated heterocycles. The van der Waals surface area contributed by atoms with E-state index in [9.17, 15) is 10.1 Å². The Morgan fingerprint density at radius 2 is 2.10 bits per heavy atom. The summed E-state index contributed by atoms with van der Waals surface area (Å²) in [5.41, 5.74) is 1.45. The Bertz CT molecular complexity index is 674. The monoisotopic (exact) mass is 306 g/mol. The van der Waals surface area contributed by atoms with Crippen molar-refractivity contribution in [3.8, 4) is 11.5 Å². The summed E-state index contributed by atoms with van der Waals surface area (Å²) in [6.45, 7) is 2.32. The number of aryl methyl sites for hydroxylation is 1. The maximum Gasteiger partial charge on any atom is 0.314 e. The second-order valence-corrected chi connectivity index (χ2v) is 4.97. The van der Waals surface area contributed by atoms with Crippen molar-refractivity contribution in [2.75, 3.05) is 7.05 Å². The fraction of sp³-hybridized carbons (Fsp3) is 0.200. The van der Waals surface area contributed by atoms with E-state index in [1.807, 2.05) is 13.1 Å². The Labute approximate surface area is 127 Å². The molecule has 0 aliphatic rings. The molecule has 0 spiro atoms. The van der Waals surface area contributed by atoms with Crippen LogP contribution in [0, 0.1) is 17.0 Å². The lowest BCUT2D eigenvalue weighted by Gasteiger charge is -2.10. The van der Waals surface area contributed by atoms with Gasteiger partial charge in [0.15, 0.2) is 0 Å². The third-order valence-corrected chi connectivity index (χ3v) is 3.35. The molecule has 6 heteroatoms. The van der Waals surface area contributed by atoms with Gasteiger partial charge in [0.1, 0.15) is 5.75 Å². The number of nitro benzene ring substituents is 1. The van der Waals surface area contributed by atoms with Crippen molar-refractivity contribution in [3.63, 3.8) is 0 Å². The minimum atomic E-state index is -0.443. The lowest BCUT2D eigenvalue weighted by molar-refractivity contribution is -0.386. The van der Waals surface area contributed by atoms with Crippen LogP contribution in [0.1, 0.15) is 11.1 Å². The van der Waals surface area contributed by atoms with Crippen LogP contribution in [0.3, 0.4) is 0 Å². The highest BCUT2D eigenvalue weighted by molar-refractivity contribution is 6.31. The molecule has 0 aliphatic heterocycles. The molecule has 110 valence electrons. The van der Waals surface area contributed by atoms with Crippen LogP contribution in [0.2, 0.25) is 5.02 Å². The number of para-hydroxylation sites is 1. The van der Waals surface area contributed by atoms with Crippen molar-refractivity contribution in [1.82, 2.24) is 5.32 Å². The van der Waals surface area contributed by atoms with Crippen molar-refractivity contribution in [2.45, 2.75) is 13.5 Å². The Hall–Kier alpha value is -2.11. The third kappa shape index (κ3) is 3.51. The molecule has 1 N–H and O–H groups in total. The molecule has 0 aromatic heterocycles. The zero-order chi connectivity index (χ0) is 15.4. The zero-order valence-electron chi connectivity index (χ0n) is 11.7. The van der Waals surface area contributed by atoms with Crippen LogP contribution in [0.5, 0.6) is 11.5 Å². The number of nitrogens with zero attached hydrogens (tertiary/aromatic N) is 1. The van der Waals surface area contributed by atoms with E-state index in [1.54, 1.807) is 37.3 Å². The van der Waals surface area contributed by atoms with Crippen molar-refractivity contribution >= 4 is 17.3 Å². The molecule has 0 aliphatic carbocycles. The smallest absolute Gasteiger partial charge is 0.314 e. The summed E-state index contributed by atoms with van der Waals surface area (Å²) in [7, 11) is 1.83. The Balaban J connectivity index is 2.33. The highest BCUT2D eigenvalue weighted by atomic mass is 35.5. The van der Waals surface area contributed by atoms with Crippen molar-refractivity contribution in [2.24, 2.45) is 0 Å². The second kappa shape index (κ2) is 6.56. The average Bonchev–Trinajstić information content (AvgIpc) is 2.41. The van der Waals surface area contributed by atoms with Crippen molar-refractivity contribution < 1.29 is 9.66 Å². The minimum absolute atomic E-state index is 0.0343. The lowest BCUT2D eigenvalue weighted by Crippen LogP contribution is -2.05. The zero-order valence-corrected chi connectivity index (χ0v) is 12.5. The number of benzene rings is 2. The van der Waals surface area contributed by atoms with Gasteiger partial charge in [-0.25, -0.2) is 0 Å². The van der Waals surface area contributed by atoms with Crippen LogP contribution in [0.25, 0.3) is 0 Å². The molecule has 0 bridgehead atoms. The molecule has 2 aromatic carbocycles. The van der Waals surface area contributed by atoms with Gasteiger partial charge >= 0.3 is 5.69 Å². The third-order valence-electron chi connectivity index (χ3n) is 3.00. The van der Waals surface area contributed by atoms with E-state index in [-0.39, 0.29) is 11.4 Å². The fourth-order valence-electron chi connectivity index (χ4n) is 2.00. The van der Waals surface area contributed by atoms with Gasteiger partial charge in [-0.05, 0) is 37.7 Å². The standard InChI is InChI=1S/C15H15ClN2O3/c1-10-4-3-5-14(15(10)18(19)20)21-12-7-6-11(9-17-2)13(16)8-12/h3-8,17H,9H2,1-2H3. The van der Waals surface area contributed by atoms with Crippen LogP contribution in [-0.2, 0) is 6.54 Å². The number of hydrogen-bond acceptors (Lipinski definition) is 4. The highest BCUT2D eigenvalue weighted by Gasteiger charge is 2.18. The average molecular weight is 307 g/mol. The molecule has 2 aromatic rings. The molecule has 0 fully saturated rings. The Morgan fingerprint density at radius 3 is 2.71 bits per heavy atom. The van der Waals surface area contributed by atoms with Crippen LogP contribution in [0.15, 0.2) is 36.4 Å². The predicted octanol–water partition coefficient (Wildman–Crippen LogP) is 4.07. The summed E-state index contributed by atoms with van der Waals surface area (Å²) in [4.78, 5) is 10.7. The van der Waals surface area contributed by atoms with E-state index in [1.165, 1.54) is 0 Å². The first-order valence-corrected chi connectivity index (χ1v) is 6.75. The SMILES string of the molecule is CNCc1ccc(Oc2cccc(C)c2[N+](=O)[O-])cc1Cl. The second-order valence-electron chi connectivity index (χ2n) is 4.56. The Morgan fingerprint density at radius 1 is 1.33 bits per heavy atom. The predicted molar refractivity (Wildman–Crippen MR) is 82.1 cm³/mol. The maximum absolute atomic E-state index is 11.1. The summed E-state index contributed by atoms with van der Waals surface area (Å²) in [5, 5.41) is 14.7. The lowest BCUT2D eigenvalue weighted by atomic mass is 10.2. The number of nitro groups is 1. The van der Waals surface area contributed by atoms with Gasteiger partial charge in [-0.2, -0.15) is 0 Å². The normalized spacial score (nSPS) is 10.4. The van der Waals surface area contributed by atoms with Crippen LogP contribution in [0.4, 0.5) is 5.69 Å². The summed E-state index contributed by atoms with van der Waals surface area (Å²) in [6.07, 6.45) is 0. The van der Waals surface area contributed by atoms with Crippen LogP contribution < -0.4 is 10.1 Å². The molecule has 2 rings (SSSR count). The summed E-state index contributed by atoms with van der Waals surface area (Å²) in [6, 6.07) is 10.2. The van der Waals surface area contributed by atoms with Crippen molar-refractivity contribution in [1.29, 1.82) is 0 Å². The van der Waals surface area contributed by atoms with E-state index in [0.29, 0.717) is 22.9 Å². The van der Waals surface area contributed by atoms with E-state index in [0.717, 1.165) is 5.56 Å². The van der Waals surface area contributed by atoms with Crippen LogP contribution >= 0.6 is 11.6 Å². The highest BCUT2D eigenvalue weighted by Crippen LogP contribution is 2.35. The number of nitrogens with one attached hydrogen (secondary N) is 1. The van der Waals surface area contributed by atoms with Crippen LogP contribution in [-0.4, -0.2) is 12.0 Å². The molecular formula is C15H15ClN2O3. The van der Waals surface area contributed by atoms with Gasteiger partial charge in [-0.1, -0.05) is 29.8 Å². The number of halogens is 1. The van der Waals surface area contributed by atoms with Gasteiger partial charge in [-0.3, -0.25) is 10.1 Å². The molecule has 5 nitrogen and oxygen atoms in total. The molecule has 0 atom stereocenters. The number of hydrogen-bond donors (Lipinski definition) is 1. The van der Waals surface area contributed by atoms with E-state index >= 15 is 0 Å². The number of rotatable bonds is 5. The maximum atomic E-state index is 11.1. The van der Waals surface area contributed by atoms with Gasteiger partial charge in [0, 0.05) is 17.1 Å². The molecule has 0 amide bonds. The van der Waals surface area contributed by atoms with Gasteiger partial charge in [0.05, 0.1) is 4.92 Å². The molecule has 0 unspecified atom stereocenters. The van der Waals surface area contributed by atoms with Gasteiger partial charge < -0.3 is 10.1 Å². The molecular weight excluding hydrogens is 292 g/mol. The summed E-state index contributed by atoms with van der Waals surface area (Å²) >= 11 is 6.15. The fourth-order valence-corrected chi connectivity index (χ4v) is 2.24. The first-order chi connectivity index (χ1) is 10.0. The van der Waals surface area contributed by atoms with Gasteiger partial charge in [0.25, 0.3) is 0 Å². The quantitative estimate of drug-likeness (QED) is 0.668. The first-order valence-electron chi connectivity index (χ1n) is 6.38. The minimum Gasteiger partial charge on any atom is -0.450 e. The molecule has 0 heterocycles. The Kier molecular flexibility index (Phi) is 4.77. The summed E-state index contributed by atoms with van der Waals surface area (Å²) < 4.78 is 5.62. The largest absolute Gasteiger partial charge is 0.450 e. The van der Waals surface area contributed by atoms with E-state index in [4.69, 9.17) is 16.3 Å². The molecule has 0 radical (unpaired) electrons. The van der Waals surface area contributed by atoms with Gasteiger partial charge in [0.2, 0.25) is 5.75 Å². The van der Waals surface area contributed by atoms with E-state index < -0.39 is 4.92 Å². The van der Waals surface area contributed by atoms with E-state index in [2.05, 4.69) is 5.32 Å². The van der Waals surface area contributed by atoms with Gasteiger partial charge in [-0.15, -0.1) is 0 Å². The topological polar surface area (TPSA) is 64.4 Å². The molecule has 21 heavy (non-hydrogen) atoms. The summed E-state index contributed by atoms with van der Waals surface area (Å²) in [5.74, 6) is 0.672. The first kappa shape index (κ1) is 15.3. The van der Waals surface area contributed by atoms with Crippen molar-refractivity contribution in [3.05, 3.63) is 62.7 Å². The number of ether oxygens (including phenoxy) is 1. The molecule has 0 saturated carbocycles.